The molecular formula is C17H20BrN. The van der Waals surface area contributed by atoms with Gasteiger partial charge >= 0.3 is 0 Å². The van der Waals surface area contributed by atoms with Gasteiger partial charge in [0.25, 0.3) is 0 Å². The van der Waals surface area contributed by atoms with E-state index in [4.69, 9.17) is 0 Å². The molecular weight excluding hydrogens is 298 g/mol. The monoisotopic (exact) mass is 317 g/mol. The van der Waals surface area contributed by atoms with Crippen molar-refractivity contribution in [2.75, 3.05) is 7.05 Å². The van der Waals surface area contributed by atoms with Crippen LogP contribution in [0.3, 0.4) is 0 Å². The van der Waals surface area contributed by atoms with E-state index in [1.165, 1.54) is 23.1 Å². The molecule has 0 aromatic heterocycles. The lowest BCUT2D eigenvalue weighted by Crippen LogP contribution is -2.17. The fraction of sp³-hybridized carbons (Fsp3) is 0.294. The maximum atomic E-state index is 3.54. The molecule has 0 bridgehead atoms. The van der Waals surface area contributed by atoms with E-state index in [9.17, 15) is 0 Å². The van der Waals surface area contributed by atoms with E-state index >= 15 is 0 Å². The Hall–Kier alpha value is -1.12. The fourth-order valence-corrected chi connectivity index (χ4v) is 2.85. The van der Waals surface area contributed by atoms with Gasteiger partial charge in [0.2, 0.25) is 0 Å². The van der Waals surface area contributed by atoms with Crippen molar-refractivity contribution in [2.24, 2.45) is 0 Å². The van der Waals surface area contributed by atoms with Gasteiger partial charge in [-0.05, 0) is 42.3 Å². The molecule has 0 saturated carbocycles. The molecule has 0 spiro atoms. The highest BCUT2D eigenvalue weighted by molar-refractivity contribution is 9.10. The van der Waals surface area contributed by atoms with Crippen LogP contribution >= 0.6 is 15.9 Å². The molecule has 0 aliphatic heterocycles. The number of nitrogens with one attached hydrogen (secondary N) is 1. The highest BCUT2D eigenvalue weighted by Gasteiger charge is 2.12. The molecule has 1 unspecified atom stereocenters. The number of halogens is 1. The van der Waals surface area contributed by atoms with Crippen molar-refractivity contribution in [3.05, 3.63) is 69.7 Å². The van der Waals surface area contributed by atoms with E-state index in [0.29, 0.717) is 0 Å². The molecule has 0 saturated heterocycles. The van der Waals surface area contributed by atoms with E-state index < -0.39 is 0 Å². The van der Waals surface area contributed by atoms with Gasteiger partial charge in [-0.25, -0.2) is 0 Å². The Bertz CT molecular complexity index is 536. The molecule has 1 atom stereocenters. The summed E-state index contributed by atoms with van der Waals surface area (Å²) in [6, 6.07) is 17.6. The fourth-order valence-electron chi connectivity index (χ4n) is 2.43. The van der Waals surface area contributed by atoms with E-state index in [1.807, 2.05) is 7.05 Å². The normalized spacial score (nSPS) is 12.4. The Morgan fingerprint density at radius 2 is 1.74 bits per heavy atom. The molecule has 2 aromatic carbocycles. The topological polar surface area (TPSA) is 12.0 Å². The van der Waals surface area contributed by atoms with Crippen molar-refractivity contribution in [3.8, 4) is 0 Å². The first kappa shape index (κ1) is 14.3. The lowest BCUT2D eigenvalue weighted by atomic mass is 9.96. The van der Waals surface area contributed by atoms with Crippen LogP contribution in [0.15, 0.2) is 53.0 Å². The van der Waals surface area contributed by atoms with Crippen LogP contribution in [0.25, 0.3) is 0 Å². The molecule has 2 aromatic rings. The van der Waals surface area contributed by atoms with Crippen molar-refractivity contribution >= 4 is 15.9 Å². The smallest absolute Gasteiger partial charge is 0.0574 e. The van der Waals surface area contributed by atoms with E-state index in [2.05, 4.69) is 76.7 Å². The number of benzene rings is 2. The van der Waals surface area contributed by atoms with Gasteiger partial charge in [-0.3, -0.25) is 0 Å². The number of hydrogen-bond acceptors (Lipinski definition) is 1. The zero-order chi connectivity index (χ0) is 13.7. The second kappa shape index (κ2) is 6.88. The summed E-state index contributed by atoms with van der Waals surface area (Å²) in [6.07, 6.45) is 2.33. The second-order valence-corrected chi connectivity index (χ2v) is 5.69. The standard InChI is InChI=1S/C17H20BrN/c1-3-6-13-7-4-8-14(11-13)17(19-2)15-9-5-10-16(18)12-15/h4-5,7-12,17,19H,3,6H2,1-2H3. The van der Waals surface area contributed by atoms with Crippen LogP contribution in [0.4, 0.5) is 0 Å². The number of rotatable bonds is 5. The van der Waals surface area contributed by atoms with Gasteiger partial charge in [-0.15, -0.1) is 0 Å². The van der Waals surface area contributed by atoms with Crippen LogP contribution in [0.1, 0.15) is 36.1 Å². The van der Waals surface area contributed by atoms with Crippen molar-refractivity contribution in [1.29, 1.82) is 0 Å². The second-order valence-electron chi connectivity index (χ2n) is 4.77. The van der Waals surface area contributed by atoms with Gasteiger partial charge in [0.1, 0.15) is 0 Å². The molecule has 0 radical (unpaired) electrons. The summed E-state index contributed by atoms with van der Waals surface area (Å²) < 4.78 is 1.12. The van der Waals surface area contributed by atoms with E-state index in [1.54, 1.807) is 0 Å². The molecule has 19 heavy (non-hydrogen) atoms. The minimum atomic E-state index is 0.245. The Balaban J connectivity index is 2.33. The van der Waals surface area contributed by atoms with Crippen LogP contribution in [0, 0.1) is 0 Å². The molecule has 2 heteroatoms. The summed E-state index contributed by atoms with van der Waals surface area (Å²) in [7, 11) is 2.01. The summed E-state index contributed by atoms with van der Waals surface area (Å²) in [5, 5.41) is 3.41. The summed E-state index contributed by atoms with van der Waals surface area (Å²) in [6.45, 7) is 2.22. The average molecular weight is 318 g/mol. The third-order valence-corrected chi connectivity index (χ3v) is 3.79. The van der Waals surface area contributed by atoms with Gasteiger partial charge in [0.15, 0.2) is 0 Å². The summed E-state index contributed by atoms with van der Waals surface area (Å²) in [5.41, 5.74) is 4.02. The first-order valence-corrected chi connectivity index (χ1v) is 7.55. The largest absolute Gasteiger partial charge is 0.309 e. The van der Waals surface area contributed by atoms with Crippen LogP contribution in [-0.4, -0.2) is 7.05 Å². The van der Waals surface area contributed by atoms with Crippen LogP contribution in [0.2, 0.25) is 0 Å². The third kappa shape index (κ3) is 3.68. The average Bonchev–Trinajstić information content (AvgIpc) is 2.41. The van der Waals surface area contributed by atoms with Gasteiger partial charge in [-0.2, -0.15) is 0 Å². The highest BCUT2D eigenvalue weighted by Crippen LogP contribution is 2.25. The molecule has 0 amide bonds. The molecule has 100 valence electrons. The van der Waals surface area contributed by atoms with Crippen LogP contribution in [0.5, 0.6) is 0 Å². The zero-order valence-corrected chi connectivity index (χ0v) is 13.1. The Labute approximate surface area is 124 Å². The maximum absolute atomic E-state index is 3.54. The molecule has 0 aliphatic rings. The van der Waals surface area contributed by atoms with Crippen molar-refractivity contribution in [1.82, 2.24) is 5.32 Å². The summed E-state index contributed by atoms with van der Waals surface area (Å²) in [4.78, 5) is 0. The van der Waals surface area contributed by atoms with Gasteiger partial charge < -0.3 is 5.32 Å². The minimum Gasteiger partial charge on any atom is -0.309 e. The first-order valence-electron chi connectivity index (χ1n) is 6.76. The van der Waals surface area contributed by atoms with E-state index in [-0.39, 0.29) is 6.04 Å². The predicted octanol–water partition coefficient (Wildman–Crippen LogP) is 4.71. The molecule has 2 rings (SSSR count). The van der Waals surface area contributed by atoms with Gasteiger partial charge in [-0.1, -0.05) is 65.7 Å². The SMILES string of the molecule is CCCc1cccc(C(NC)c2cccc(Br)c2)c1. The lowest BCUT2D eigenvalue weighted by Gasteiger charge is -2.18. The highest BCUT2D eigenvalue weighted by atomic mass is 79.9. The van der Waals surface area contributed by atoms with Gasteiger partial charge in [0, 0.05) is 4.47 Å². The molecule has 0 fully saturated rings. The molecule has 0 heterocycles. The predicted molar refractivity (Wildman–Crippen MR) is 85.5 cm³/mol. The van der Waals surface area contributed by atoms with Crippen molar-refractivity contribution in [2.45, 2.75) is 25.8 Å². The van der Waals surface area contributed by atoms with Crippen LogP contribution in [-0.2, 0) is 6.42 Å². The van der Waals surface area contributed by atoms with Crippen molar-refractivity contribution in [3.63, 3.8) is 0 Å². The number of aryl methyl sites for hydroxylation is 1. The maximum Gasteiger partial charge on any atom is 0.0574 e. The Kier molecular flexibility index (Phi) is 5.17. The first-order chi connectivity index (χ1) is 9.24. The summed E-state index contributed by atoms with van der Waals surface area (Å²) in [5.74, 6) is 0. The quantitative estimate of drug-likeness (QED) is 0.842. The molecule has 1 nitrogen and oxygen atoms in total. The molecule has 0 aliphatic carbocycles. The van der Waals surface area contributed by atoms with Crippen molar-refractivity contribution < 1.29 is 0 Å². The Morgan fingerprint density at radius 3 is 2.37 bits per heavy atom. The molecule has 1 N–H and O–H groups in total. The number of hydrogen-bond donors (Lipinski definition) is 1. The Morgan fingerprint density at radius 1 is 1.05 bits per heavy atom. The summed E-state index contributed by atoms with van der Waals surface area (Å²) >= 11 is 3.54. The zero-order valence-electron chi connectivity index (χ0n) is 11.5. The van der Waals surface area contributed by atoms with Gasteiger partial charge in [0.05, 0.1) is 6.04 Å². The third-order valence-electron chi connectivity index (χ3n) is 3.29. The van der Waals surface area contributed by atoms with Crippen LogP contribution < -0.4 is 5.32 Å². The van der Waals surface area contributed by atoms with E-state index in [0.717, 1.165) is 10.9 Å². The minimum absolute atomic E-state index is 0.245. The lowest BCUT2D eigenvalue weighted by molar-refractivity contribution is 0.690.